The summed E-state index contributed by atoms with van der Waals surface area (Å²) in [4.78, 5) is 2.59. The van der Waals surface area contributed by atoms with E-state index in [-0.39, 0.29) is 0 Å². The fourth-order valence-electron chi connectivity index (χ4n) is 4.25. The van der Waals surface area contributed by atoms with Crippen molar-refractivity contribution in [3.8, 4) is 0 Å². The Hall–Kier alpha value is -0.920. The maximum atomic E-state index is 11.8. The minimum absolute atomic E-state index is 0.437. The zero-order valence-corrected chi connectivity index (χ0v) is 14.4. The highest BCUT2D eigenvalue weighted by molar-refractivity contribution is 7.88. The van der Waals surface area contributed by atoms with Crippen molar-refractivity contribution in [2.45, 2.75) is 51.4 Å². The molecule has 3 atom stereocenters. The zero-order valence-electron chi connectivity index (χ0n) is 13.6. The molecule has 3 heterocycles. The van der Waals surface area contributed by atoms with Crippen LogP contribution < -0.4 is 0 Å². The number of piperidine rings is 1. The number of hydrogen-bond donors (Lipinski definition) is 0. The van der Waals surface area contributed by atoms with E-state index in [2.05, 4.69) is 23.8 Å². The second-order valence-corrected chi connectivity index (χ2v) is 8.88. The minimum Gasteiger partial charge on any atom is -0.293 e. The maximum Gasteiger partial charge on any atom is 0.211 e. The van der Waals surface area contributed by atoms with Crippen molar-refractivity contribution >= 4 is 10.0 Å². The molecule has 0 amide bonds. The summed E-state index contributed by atoms with van der Waals surface area (Å²) >= 11 is 0. The van der Waals surface area contributed by atoms with Gasteiger partial charge in [0.2, 0.25) is 10.0 Å². The molecule has 0 radical (unpaired) electrons. The largest absolute Gasteiger partial charge is 0.293 e. The fourth-order valence-corrected chi connectivity index (χ4v) is 5.15. The Morgan fingerprint density at radius 2 is 2.14 bits per heavy atom. The molecule has 2 fully saturated rings. The van der Waals surface area contributed by atoms with Crippen LogP contribution in [0.15, 0.2) is 18.5 Å². The van der Waals surface area contributed by atoms with Crippen LogP contribution in [0.4, 0.5) is 0 Å². The van der Waals surface area contributed by atoms with Crippen molar-refractivity contribution in [3.63, 3.8) is 0 Å². The van der Waals surface area contributed by atoms with Crippen molar-refractivity contribution in [1.82, 2.24) is 19.0 Å². The third-order valence-electron chi connectivity index (χ3n) is 5.06. The lowest BCUT2D eigenvalue weighted by atomic mass is 9.93. The summed E-state index contributed by atoms with van der Waals surface area (Å²) in [5.74, 6) is 0.437. The molecule has 0 aromatic carbocycles. The Morgan fingerprint density at radius 3 is 2.73 bits per heavy atom. The van der Waals surface area contributed by atoms with Gasteiger partial charge in [0.15, 0.2) is 0 Å². The quantitative estimate of drug-likeness (QED) is 0.829. The molecule has 2 saturated heterocycles. The Morgan fingerprint density at radius 1 is 1.36 bits per heavy atom. The first-order valence-electron chi connectivity index (χ1n) is 8.06. The molecule has 0 bridgehead atoms. The summed E-state index contributed by atoms with van der Waals surface area (Å²) in [6.45, 7) is 6.68. The van der Waals surface area contributed by atoms with Crippen LogP contribution in [0.5, 0.6) is 0 Å². The van der Waals surface area contributed by atoms with E-state index in [4.69, 9.17) is 0 Å². The fraction of sp³-hybridized carbons (Fsp3) is 0.800. The van der Waals surface area contributed by atoms with E-state index in [0.717, 1.165) is 19.4 Å². The molecule has 0 aliphatic carbocycles. The van der Waals surface area contributed by atoms with E-state index in [0.29, 0.717) is 37.1 Å². The second kappa shape index (κ2) is 5.94. The third-order valence-corrected chi connectivity index (χ3v) is 6.33. The average Bonchev–Trinajstić information content (AvgIpc) is 3.03. The van der Waals surface area contributed by atoms with Gasteiger partial charge in [-0.15, -0.1) is 0 Å². The normalized spacial score (nSPS) is 30.8. The molecular weight excluding hydrogens is 300 g/mol. The first-order valence-corrected chi connectivity index (χ1v) is 9.91. The number of aromatic nitrogens is 2. The average molecular weight is 326 g/mol. The van der Waals surface area contributed by atoms with Gasteiger partial charge in [0, 0.05) is 43.6 Å². The van der Waals surface area contributed by atoms with Gasteiger partial charge in [-0.25, -0.2) is 12.7 Å². The van der Waals surface area contributed by atoms with Gasteiger partial charge in [-0.1, -0.05) is 0 Å². The van der Waals surface area contributed by atoms with E-state index < -0.39 is 10.0 Å². The van der Waals surface area contributed by atoms with E-state index in [9.17, 15) is 8.42 Å². The van der Waals surface area contributed by atoms with Gasteiger partial charge in [-0.3, -0.25) is 9.58 Å². The lowest BCUT2D eigenvalue weighted by molar-refractivity contribution is 0.0962. The third kappa shape index (κ3) is 3.07. The van der Waals surface area contributed by atoms with Gasteiger partial charge in [-0.2, -0.15) is 5.10 Å². The highest BCUT2D eigenvalue weighted by Gasteiger charge is 2.46. The minimum atomic E-state index is -3.07. The van der Waals surface area contributed by atoms with Crippen LogP contribution in [0.25, 0.3) is 0 Å². The summed E-state index contributed by atoms with van der Waals surface area (Å²) in [5.41, 5.74) is 0. The number of rotatable bonds is 4. The number of fused-ring (bicyclic) bond motifs is 1. The molecule has 2 aliphatic heterocycles. The molecule has 1 aromatic rings. The molecule has 0 N–H and O–H groups in total. The number of nitrogens with zero attached hydrogens (tertiary/aromatic N) is 4. The van der Waals surface area contributed by atoms with Crippen molar-refractivity contribution in [2.24, 2.45) is 5.92 Å². The number of hydrogen-bond acceptors (Lipinski definition) is 4. The Labute approximate surface area is 133 Å². The molecule has 0 unspecified atom stereocenters. The summed E-state index contributed by atoms with van der Waals surface area (Å²) in [6.07, 6.45) is 7.13. The molecule has 7 heteroatoms. The van der Waals surface area contributed by atoms with Crippen LogP contribution >= 0.6 is 0 Å². The van der Waals surface area contributed by atoms with Crippen LogP contribution in [0.1, 0.15) is 26.7 Å². The van der Waals surface area contributed by atoms with Crippen molar-refractivity contribution < 1.29 is 8.42 Å². The molecular formula is C15H26N4O2S. The first kappa shape index (κ1) is 16.0. The van der Waals surface area contributed by atoms with E-state index in [1.54, 1.807) is 4.31 Å². The van der Waals surface area contributed by atoms with Crippen LogP contribution in [-0.4, -0.2) is 64.9 Å². The van der Waals surface area contributed by atoms with Crippen molar-refractivity contribution in [2.75, 3.05) is 19.3 Å². The molecule has 22 heavy (non-hydrogen) atoms. The second-order valence-electron chi connectivity index (χ2n) is 6.90. The van der Waals surface area contributed by atoms with Gasteiger partial charge in [-0.05, 0) is 38.7 Å². The monoisotopic (exact) mass is 326 g/mol. The lowest BCUT2D eigenvalue weighted by Crippen LogP contribution is -2.50. The molecule has 124 valence electrons. The molecule has 6 nitrogen and oxygen atoms in total. The lowest BCUT2D eigenvalue weighted by Gasteiger charge is -2.39. The van der Waals surface area contributed by atoms with Gasteiger partial charge >= 0.3 is 0 Å². The number of sulfonamides is 1. The molecule has 0 spiro atoms. The van der Waals surface area contributed by atoms with Gasteiger partial charge in [0.05, 0.1) is 12.8 Å². The smallest absolute Gasteiger partial charge is 0.211 e. The molecule has 0 saturated carbocycles. The SMILES string of the molecule is CC(C)N1[C@@H](Cn2cccn2)C[C@H]2CN(S(C)(=O)=O)CC[C@H]21. The number of likely N-dealkylation sites (tertiary alicyclic amines) is 1. The van der Waals surface area contributed by atoms with Crippen molar-refractivity contribution in [3.05, 3.63) is 18.5 Å². The molecule has 2 aliphatic rings. The van der Waals surface area contributed by atoms with Crippen LogP contribution in [0.3, 0.4) is 0 Å². The molecule has 3 rings (SSSR count). The van der Waals surface area contributed by atoms with E-state index >= 15 is 0 Å². The van der Waals surface area contributed by atoms with E-state index in [1.807, 2.05) is 23.1 Å². The van der Waals surface area contributed by atoms with Crippen molar-refractivity contribution in [1.29, 1.82) is 0 Å². The predicted octanol–water partition coefficient (Wildman–Crippen LogP) is 1.02. The predicted molar refractivity (Wildman–Crippen MR) is 85.9 cm³/mol. The van der Waals surface area contributed by atoms with Crippen LogP contribution in [-0.2, 0) is 16.6 Å². The Kier molecular flexibility index (Phi) is 4.31. The van der Waals surface area contributed by atoms with Gasteiger partial charge in [0.25, 0.3) is 0 Å². The van der Waals surface area contributed by atoms with Gasteiger partial charge < -0.3 is 0 Å². The van der Waals surface area contributed by atoms with Crippen LogP contribution in [0.2, 0.25) is 0 Å². The maximum absolute atomic E-state index is 11.8. The zero-order chi connectivity index (χ0) is 15.9. The Bertz CT molecular complexity index is 599. The van der Waals surface area contributed by atoms with E-state index in [1.165, 1.54) is 6.26 Å². The highest BCUT2D eigenvalue weighted by Crippen LogP contribution is 2.38. The highest BCUT2D eigenvalue weighted by atomic mass is 32.2. The Balaban J connectivity index is 1.76. The topological polar surface area (TPSA) is 58.4 Å². The first-order chi connectivity index (χ1) is 10.4. The molecule has 1 aromatic heterocycles. The summed E-state index contributed by atoms with van der Waals surface area (Å²) in [6, 6.07) is 3.36. The summed E-state index contributed by atoms with van der Waals surface area (Å²) in [7, 11) is -3.07. The summed E-state index contributed by atoms with van der Waals surface area (Å²) < 4.78 is 27.3. The van der Waals surface area contributed by atoms with Gasteiger partial charge in [0.1, 0.15) is 0 Å². The summed E-state index contributed by atoms with van der Waals surface area (Å²) in [5, 5.41) is 4.33. The van der Waals surface area contributed by atoms with Crippen LogP contribution in [0, 0.1) is 5.92 Å². The standard InChI is InChI=1S/C15H26N4O2S/c1-12(2)19-14(11-17-7-4-6-16-17)9-13-10-18(22(3,20)21)8-5-15(13)19/h4,6-7,12-15H,5,8-11H2,1-3H3/t13-,14+,15+/m0/s1.